The van der Waals surface area contributed by atoms with Crippen molar-refractivity contribution in [3.8, 4) is 10.4 Å². The first-order chi connectivity index (χ1) is 13.4. The van der Waals surface area contributed by atoms with Gasteiger partial charge in [0.1, 0.15) is 5.69 Å². The van der Waals surface area contributed by atoms with Crippen molar-refractivity contribution >= 4 is 38.4 Å². The second-order valence-electron chi connectivity index (χ2n) is 6.85. The van der Waals surface area contributed by atoms with E-state index < -0.39 is 9.84 Å². The van der Waals surface area contributed by atoms with E-state index in [4.69, 9.17) is 0 Å². The summed E-state index contributed by atoms with van der Waals surface area (Å²) < 4.78 is 24.1. The van der Waals surface area contributed by atoms with Crippen LogP contribution in [-0.4, -0.2) is 41.8 Å². The minimum atomic E-state index is -3.10. The minimum absolute atomic E-state index is 0.0217. The van der Waals surface area contributed by atoms with Crippen molar-refractivity contribution in [2.45, 2.75) is 25.9 Å². The standard InChI is InChI=1S/C20H20N2O3S3/c1-14-21-18(19(27-14)15-6-3-2-4-7-15)20(23)22(12-17-8-5-10-26-17)16-9-11-28(24,25)13-16/h2-8,10,16H,9,11-13H2,1H3. The monoisotopic (exact) mass is 432 g/mol. The summed E-state index contributed by atoms with van der Waals surface area (Å²) >= 11 is 3.06. The number of sulfone groups is 1. The third kappa shape index (κ3) is 4.04. The van der Waals surface area contributed by atoms with Crippen LogP contribution in [0.15, 0.2) is 47.8 Å². The van der Waals surface area contributed by atoms with E-state index in [-0.39, 0.29) is 23.5 Å². The summed E-state index contributed by atoms with van der Waals surface area (Å²) in [6.07, 6.45) is 0.475. The number of hydrogen-bond acceptors (Lipinski definition) is 6. The number of hydrogen-bond donors (Lipinski definition) is 0. The summed E-state index contributed by atoms with van der Waals surface area (Å²) in [6, 6.07) is 13.3. The summed E-state index contributed by atoms with van der Waals surface area (Å²) in [5, 5.41) is 2.78. The second-order valence-corrected chi connectivity index (χ2v) is 11.3. The molecule has 1 aliphatic heterocycles. The van der Waals surface area contributed by atoms with Gasteiger partial charge in [-0.1, -0.05) is 36.4 Å². The lowest BCUT2D eigenvalue weighted by atomic mass is 10.1. The highest BCUT2D eigenvalue weighted by Gasteiger charge is 2.36. The van der Waals surface area contributed by atoms with Crippen LogP contribution in [0.25, 0.3) is 10.4 Å². The van der Waals surface area contributed by atoms with Crippen LogP contribution in [0.2, 0.25) is 0 Å². The van der Waals surface area contributed by atoms with Crippen molar-refractivity contribution < 1.29 is 13.2 Å². The predicted octanol–water partition coefficient (Wildman–Crippen LogP) is 4.01. The van der Waals surface area contributed by atoms with E-state index in [2.05, 4.69) is 4.98 Å². The molecule has 3 aromatic rings. The van der Waals surface area contributed by atoms with Crippen molar-refractivity contribution in [1.29, 1.82) is 0 Å². The van der Waals surface area contributed by atoms with Crippen molar-refractivity contribution in [2.24, 2.45) is 0 Å². The topological polar surface area (TPSA) is 67.3 Å². The van der Waals surface area contributed by atoms with E-state index in [1.807, 2.05) is 54.8 Å². The molecule has 1 atom stereocenters. The van der Waals surface area contributed by atoms with E-state index in [9.17, 15) is 13.2 Å². The number of rotatable bonds is 5. The second kappa shape index (κ2) is 7.77. The molecule has 1 fully saturated rings. The Bertz CT molecular complexity index is 1070. The van der Waals surface area contributed by atoms with Gasteiger partial charge in [-0.05, 0) is 30.4 Å². The molecule has 146 valence electrons. The third-order valence-corrected chi connectivity index (χ3v) is 8.42. The lowest BCUT2D eigenvalue weighted by Gasteiger charge is -2.27. The number of thiophene rings is 1. The number of aryl methyl sites for hydroxylation is 1. The molecular formula is C20H20N2O3S3. The fraction of sp³-hybridized carbons (Fsp3) is 0.300. The van der Waals surface area contributed by atoms with Gasteiger partial charge in [0, 0.05) is 10.9 Å². The molecular weight excluding hydrogens is 412 g/mol. The van der Waals surface area contributed by atoms with Gasteiger partial charge in [0.15, 0.2) is 9.84 Å². The summed E-state index contributed by atoms with van der Waals surface area (Å²) in [6.45, 7) is 2.29. The molecule has 3 heterocycles. The molecule has 0 spiro atoms. The lowest BCUT2D eigenvalue weighted by molar-refractivity contribution is 0.0678. The van der Waals surface area contributed by atoms with Gasteiger partial charge in [0.25, 0.3) is 5.91 Å². The quantitative estimate of drug-likeness (QED) is 0.611. The number of aromatic nitrogens is 1. The van der Waals surface area contributed by atoms with Crippen LogP contribution in [0.3, 0.4) is 0 Å². The SMILES string of the molecule is Cc1nc(C(=O)N(Cc2cccs2)C2CCS(=O)(=O)C2)c(-c2ccccc2)s1. The Hall–Kier alpha value is -2.03. The van der Waals surface area contributed by atoms with Crippen molar-refractivity contribution in [3.63, 3.8) is 0 Å². The van der Waals surface area contributed by atoms with Crippen LogP contribution in [0.4, 0.5) is 0 Å². The van der Waals surface area contributed by atoms with Gasteiger partial charge < -0.3 is 4.90 Å². The molecule has 5 nitrogen and oxygen atoms in total. The van der Waals surface area contributed by atoms with Gasteiger partial charge >= 0.3 is 0 Å². The van der Waals surface area contributed by atoms with Gasteiger partial charge in [0.2, 0.25) is 0 Å². The van der Waals surface area contributed by atoms with Gasteiger partial charge in [0.05, 0.1) is 27.9 Å². The maximum atomic E-state index is 13.6. The average molecular weight is 433 g/mol. The van der Waals surface area contributed by atoms with Crippen LogP contribution in [0.1, 0.15) is 26.8 Å². The van der Waals surface area contributed by atoms with Crippen LogP contribution in [0, 0.1) is 6.92 Å². The molecule has 1 saturated heterocycles. The molecule has 2 aromatic heterocycles. The van der Waals surface area contributed by atoms with Crippen LogP contribution >= 0.6 is 22.7 Å². The Labute approximate surface area is 172 Å². The van der Waals surface area contributed by atoms with Crippen molar-refractivity contribution in [1.82, 2.24) is 9.88 Å². The first-order valence-corrected chi connectivity index (χ1v) is 12.5. The molecule has 8 heteroatoms. The van der Waals surface area contributed by atoms with Crippen LogP contribution in [-0.2, 0) is 16.4 Å². The molecule has 0 bridgehead atoms. The van der Waals surface area contributed by atoms with Gasteiger partial charge in [-0.25, -0.2) is 13.4 Å². The van der Waals surface area contributed by atoms with E-state index in [0.29, 0.717) is 18.7 Å². The maximum absolute atomic E-state index is 13.6. The largest absolute Gasteiger partial charge is 0.328 e. The number of nitrogens with zero attached hydrogens (tertiary/aromatic N) is 2. The normalized spacial score (nSPS) is 18.2. The van der Waals surface area contributed by atoms with E-state index >= 15 is 0 Å². The third-order valence-electron chi connectivity index (χ3n) is 4.79. The molecule has 0 aliphatic carbocycles. The first kappa shape index (κ1) is 19.3. The number of amides is 1. The predicted molar refractivity (Wildman–Crippen MR) is 114 cm³/mol. The Morgan fingerprint density at radius 3 is 2.64 bits per heavy atom. The fourth-order valence-corrected chi connectivity index (χ4v) is 6.80. The molecule has 0 N–H and O–H groups in total. The highest BCUT2D eigenvalue weighted by molar-refractivity contribution is 7.91. The Morgan fingerprint density at radius 1 is 1.21 bits per heavy atom. The molecule has 0 radical (unpaired) electrons. The lowest BCUT2D eigenvalue weighted by Crippen LogP contribution is -2.40. The Kier molecular flexibility index (Phi) is 5.35. The highest BCUT2D eigenvalue weighted by atomic mass is 32.2. The number of carbonyl (C=O) groups is 1. The smallest absolute Gasteiger partial charge is 0.274 e. The van der Waals surface area contributed by atoms with Gasteiger partial charge in [-0.2, -0.15) is 0 Å². The molecule has 1 aliphatic rings. The fourth-order valence-electron chi connectivity index (χ4n) is 3.45. The van der Waals surface area contributed by atoms with Crippen molar-refractivity contribution in [3.05, 3.63) is 63.4 Å². The number of thiazole rings is 1. The molecule has 28 heavy (non-hydrogen) atoms. The zero-order valence-corrected chi connectivity index (χ0v) is 17.8. The summed E-state index contributed by atoms with van der Waals surface area (Å²) in [7, 11) is -3.10. The summed E-state index contributed by atoms with van der Waals surface area (Å²) in [4.78, 5) is 21.7. The molecule has 1 amide bonds. The van der Waals surface area contributed by atoms with E-state index in [0.717, 1.165) is 20.3 Å². The molecule has 0 saturated carbocycles. The summed E-state index contributed by atoms with van der Waals surface area (Å²) in [5.74, 6) is -0.0415. The minimum Gasteiger partial charge on any atom is -0.328 e. The Morgan fingerprint density at radius 2 is 2.00 bits per heavy atom. The molecule has 4 rings (SSSR count). The zero-order valence-electron chi connectivity index (χ0n) is 15.4. The summed E-state index contributed by atoms with van der Waals surface area (Å²) in [5.41, 5.74) is 1.36. The van der Waals surface area contributed by atoms with Crippen molar-refractivity contribution in [2.75, 3.05) is 11.5 Å². The van der Waals surface area contributed by atoms with Crippen LogP contribution < -0.4 is 0 Å². The van der Waals surface area contributed by atoms with Gasteiger partial charge in [-0.3, -0.25) is 4.79 Å². The number of benzene rings is 1. The van der Waals surface area contributed by atoms with Gasteiger partial charge in [-0.15, -0.1) is 22.7 Å². The average Bonchev–Trinajstić information content (AvgIpc) is 3.40. The first-order valence-electron chi connectivity index (χ1n) is 8.99. The molecule has 1 unspecified atom stereocenters. The van der Waals surface area contributed by atoms with E-state index in [1.54, 1.807) is 16.2 Å². The molecule has 1 aromatic carbocycles. The Balaban J connectivity index is 1.72. The highest BCUT2D eigenvalue weighted by Crippen LogP contribution is 2.32. The maximum Gasteiger partial charge on any atom is 0.274 e. The van der Waals surface area contributed by atoms with E-state index in [1.165, 1.54) is 11.3 Å². The zero-order chi connectivity index (χ0) is 19.7. The van der Waals surface area contributed by atoms with Crippen LogP contribution in [0.5, 0.6) is 0 Å². The number of carbonyl (C=O) groups excluding carboxylic acids is 1.